The predicted octanol–water partition coefficient (Wildman–Crippen LogP) is 7.21. The number of benzene rings is 1. The van der Waals surface area contributed by atoms with E-state index in [1.807, 2.05) is 11.9 Å². The van der Waals surface area contributed by atoms with E-state index in [9.17, 15) is 4.79 Å². The third-order valence-electron chi connectivity index (χ3n) is 7.71. The number of carbonyl (C=O) groups excluding carboxylic acids is 1. The minimum Gasteiger partial charge on any atom is -0.339 e. The van der Waals surface area contributed by atoms with Crippen molar-refractivity contribution in [3.05, 3.63) is 48.0 Å². The third-order valence-corrected chi connectivity index (χ3v) is 7.71. The van der Waals surface area contributed by atoms with Crippen molar-refractivity contribution in [2.75, 3.05) is 7.05 Å². The molecule has 29 heavy (non-hydrogen) atoms. The molecule has 0 unspecified atom stereocenters. The van der Waals surface area contributed by atoms with E-state index in [2.05, 4.69) is 37.8 Å². The van der Waals surface area contributed by atoms with Gasteiger partial charge in [0.25, 0.3) is 0 Å². The summed E-state index contributed by atoms with van der Waals surface area (Å²) >= 11 is 0. The molecule has 2 aliphatic rings. The zero-order chi connectivity index (χ0) is 20.6. The lowest BCUT2D eigenvalue weighted by atomic mass is 9.76. The molecular weight excluding hydrogens is 354 g/mol. The Balaban J connectivity index is 1.46. The molecular formula is C27H41NO. The van der Waals surface area contributed by atoms with Gasteiger partial charge in [-0.25, -0.2) is 0 Å². The molecule has 2 saturated carbocycles. The molecule has 0 N–H and O–H groups in total. The molecule has 0 spiro atoms. The maximum absolute atomic E-state index is 11.8. The molecule has 2 aliphatic carbocycles. The highest BCUT2D eigenvalue weighted by molar-refractivity contribution is 5.87. The SMILES string of the molecule is C=CC(=O)N(C)C1CCC(c2ccc(C3CCC(CCCCC)CC3)cc2)CC1. The summed E-state index contributed by atoms with van der Waals surface area (Å²) in [4.78, 5) is 13.7. The Bertz CT molecular complexity index is 633. The van der Waals surface area contributed by atoms with Crippen molar-refractivity contribution in [3.63, 3.8) is 0 Å². The highest BCUT2D eigenvalue weighted by Gasteiger charge is 2.27. The first-order valence-corrected chi connectivity index (χ1v) is 12.1. The number of rotatable bonds is 8. The smallest absolute Gasteiger partial charge is 0.245 e. The maximum Gasteiger partial charge on any atom is 0.245 e. The standard InChI is InChI=1S/C27H41NO/c1-4-6-7-8-21-9-11-22(12-10-21)23-13-15-24(16-14-23)25-17-19-26(20-18-25)28(3)27(29)5-2/h5,13-16,21-22,25-26H,2,4,6-12,17-20H2,1,3H3. The first kappa shape index (κ1) is 22.1. The molecule has 1 aromatic carbocycles. The van der Waals surface area contributed by atoms with E-state index in [1.54, 1.807) is 5.56 Å². The summed E-state index contributed by atoms with van der Waals surface area (Å²) in [6, 6.07) is 10.00. The van der Waals surface area contributed by atoms with Crippen LogP contribution in [0.15, 0.2) is 36.9 Å². The minimum absolute atomic E-state index is 0.0536. The normalized spacial score (nSPS) is 27.4. The van der Waals surface area contributed by atoms with Gasteiger partial charge in [0.15, 0.2) is 0 Å². The zero-order valence-electron chi connectivity index (χ0n) is 18.7. The number of hydrogen-bond donors (Lipinski definition) is 0. The van der Waals surface area contributed by atoms with E-state index >= 15 is 0 Å². The number of likely N-dealkylation sites (N-methyl/N-ethyl adjacent to an activating group) is 1. The Morgan fingerprint density at radius 2 is 1.45 bits per heavy atom. The molecule has 2 heteroatoms. The van der Waals surface area contributed by atoms with Gasteiger partial charge in [0, 0.05) is 13.1 Å². The topological polar surface area (TPSA) is 20.3 Å². The van der Waals surface area contributed by atoms with Crippen molar-refractivity contribution < 1.29 is 4.79 Å². The average molecular weight is 396 g/mol. The van der Waals surface area contributed by atoms with Crippen molar-refractivity contribution in [2.24, 2.45) is 5.92 Å². The van der Waals surface area contributed by atoms with Crippen LogP contribution in [0.3, 0.4) is 0 Å². The lowest BCUT2D eigenvalue weighted by Crippen LogP contribution is -2.38. The molecule has 1 aromatic rings. The largest absolute Gasteiger partial charge is 0.339 e. The predicted molar refractivity (Wildman–Crippen MR) is 123 cm³/mol. The van der Waals surface area contributed by atoms with E-state index in [4.69, 9.17) is 0 Å². The fourth-order valence-corrected chi connectivity index (χ4v) is 5.63. The second kappa shape index (κ2) is 11.0. The van der Waals surface area contributed by atoms with E-state index in [-0.39, 0.29) is 5.91 Å². The number of carbonyl (C=O) groups is 1. The summed E-state index contributed by atoms with van der Waals surface area (Å²) in [5.41, 5.74) is 3.06. The molecule has 0 atom stereocenters. The highest BCUT2D eigenvalue weighted by Crippen LogP contribution is 2.39. The van der Waals surface area contributed by atoms with Crippen LogP contribution in [-0.4, -0.2) is 23.9 Å². The molecule has 160 valence electrons. The summed E-state index contributed by atoms with van der Waals surface area (Å²) in [6.45, 7) is 5.92. The first-order valence-electron chi connectivity index (χ1n) is 12.1. The van der Waals surface area contributed by atoms with Crippen LogP contribution in [0.1, 0.15) is 107 Å². The number of nitrogens with zero attached hydrogens (tertiary/aromatic N) is 1. The van der Waals surface area contributed by atoms with Crippen LogP contribution in [0, 0.1) is 5.92 Å². The van der Waals surface area contributed by atoms with E-state index in [0.29, 0.717) is 12.0 Å². The van der Waals surface area contributed by atoms with Crippen LogP contribution < -0.4 is 0 Å². The Labute approximate surface area is 178 Å². The van der Waals surface area contributed by atoms with Crippen molar-refractivity contribution in [3.8, 4) is 0 Å². The number of unbranched alkanes of at least 4 members (excludes halogenated alkanes) is 2. The van der Waals surface area contributed by atoms with E-state index in [0.717, 1.165) is 24.7 Å². The van der Waals surface area contributed by atoms with Gasteiger partial charge in [-0.3, -0.25) is 4.79 Å². The molecule has 0 bridgehead atoms. The summed E-state index contributed by atoms with van der Waals surface area (Å²) in [5, 5.41) is 0. The van der Waals surface area contributed by atoms with Gasteiger partial charge in [0.05, 0.1) is 0 Å². The second-order valence-electron chi connectivity index (χ2n) is 9.54. The lowest BCUT2D eigenvalue weighted by Gasteiger charge is -2.34. The minimum atomic E-state index is 0.0536. The molecule has 3 rings (SSSR count). The van der Waals surface area contributed by atoms with Crippen molar-refractivity contribution in [2.45, 2.75) is 102 Å². The van der Waals surface area contributed by atoms with Gasteiger partial charge in [-0.05, 0) is 86.3 Å². The fourth-order valence-electron chi connectivity index (χ4n) is 5.63. The Kier molecular flexibility index (Phi) is 8.39. The first-order chi connectivity index (χ1) is 14.1. The van der Waals surface area contributed by atoms with Crippen molar-refractivity contribution >= 4 is 5.91 Å². The fraction of sp³-hybridized carbons (Fsp3) is 0.667. The average Bonchev–Trinajstić information content (AvgIpc) is 2.79. The lowest BCUT2D eigenvalue weighted by molar-refractivity contribution is -0.127. The van der Waals surface area contributed by atoms with Gasteiger partial charge >= 0.3 is 0 Å². The quantitative estimate of drug-likeness (QED) is 0.336. The summed E-state index contributed by atoms with van der Waals surface area (Å²) < 4.78 is 0. The van der Waals surface area contributed by atoms with Gasteiger partial charge in [0.2, 0.25) is 5.91 Å². The Morgan fingerprint density at radius 3 is 1.93 bits per heavy atom. The summed E-state index contributed by atoms with van der Waals surface area (Å²) in [7, 11) is 1.92. The second-order valence-corrected chi connectivity index (χ2v) is 9.54. The van der Waals surface area contributed by atoms with Crippen LogP contribution in [0.2, 0.25) is 0 Å². The van der Waals surface area contributed by atoms with Gasteiger partial charge < -0.3 is 4.90 Å². The maximum atomic E-state index is 11.8. The van der Waals surface area contributed by atoms with Crippen LogP contribution >= 0.6 is 0 Å². The van der Waals surface area contributed by atoms with Crippen LogP contribution in [0.4, 0.5) is 0 Å². The van der Waals surface area contributed by atoms with Gasteiger partial charge in [-0.2, -0.15) is 0 Å². The van der Waals surface area contributed by atoms with E-state index in [1.165, 1.54) is 75.8 Å². The molecule has 0 saturated heterocycles. The Morgan fingerprint density at radius 1 is 0.931 bits per heavy atom. The third kappa shape index (κ3) is 5.96. The molecule has 0 aliphatic heterocycles. The van der Waals surface area contributed by atoms with Gasteiger partial charge in [-0.15, -0.1) is 0 Å². The van der Waals surface area contributed by atoms with Crippen molar-refractivity contribution in [1.29, 1.82) is 0 Å². The molecule has 1 amide bonds. The van der Waals surface area contributed by atoms with Gasteiger partial charge in [0.1, 0.15) is 0 Å². The highest BCUT2D eigenvalue weighted by atomic mass is 16.2. The van der Waals surface area contributed by atoms with Gasteiger partial charge in [-0.1, -0.05) is 63.5 Å². The summed E-state index contributed by atoms with van der Waals surface area (Å²) in [5.74, 6) is 2.47. The Hall–Kier alpha value is -1.57. The number of hydrogen-bond acceptors (Lipinski definition) is 1. The monoisotopic (exact) mass is 395 g/mol. The molecule has 2 nitrogen and oxygen atoms in total. The zero-order valence-corrected chi connectivity index (χ0v) is 18.7. The summed E-state index contributed by atoms with van der Waals surface area (Å²) in [6.07, 6.45) is 17.2. The van der Waals surface area contributed by atoms with Crippen LogP contribution in [0.25, 0.3) is 0 Å². The van der Waals surface area contributed by atoms with Crippen LogP contribution in [-0.2, 0) is 4.79 Å². The van der Waals surface area contributed by atoms with Crippen molar-refractivity contribution in [1.82, 2.24) is 4.90 Å². The van der Waals surface area contributed by atoms with E-state index < -0.39 is 0 Å². The molecule has 0 aromatic heterocycles. The number of amides is 1. The molecule has 0 heterocycles. The molecule has 2 fully saturated rings. The van der Waals surface area contributed by atoms with Crippen LogP contribution in [0.5, 0.6) is 0 Å². The molecule has 0 radical (unpaired) electrons.